The van der Waals surface area contributed by atoms with Gasteiger partial charge in [0.1, 0.15) is 22.8 Å². The van der Waals surface area contributed by atoms with Crippen molar-refractivity contribution in [1.82, 2.24) is 15.1 Å². The number of phenolic OH excluding ortho intramolecular Hbond substituents is 1. The van der Waals surface area contributed by atoms with E-state index in [1.54, 1.807) is 39.2 Å². The number of benzene rings is 1. The number of amides is 2. The second-order valence-corrected chi connectivity index (χ2v) is 12.5. The predicted octanol–water partition coefficient (Wildman–Crippen LogP) is -0.260. The number of carbonyl (C=O) groups excluding carboxylic acids is 4. The second kappa shape index (κ2) is 10.6. The molecule has 232 valence electrons. The normalized spacial score (nSPS) is 29.0. The van der Waals surface area contributed by atoms with Crippen LogP contribution in [-0.2, 0) is 32.1 Å². The molecule has 1 saturated carbocycles. The summed E-state index contributed by atoms with van der Waals surface area (Å²) in [6.07, 6.45) is 1.81. The molecule has 7 N–H and O–H groups in total. The van der Waals surface area contributed by atoms with E-state index in [1.807, 2.05) is 11.9 Å². The lowest BCUT2D eigenvalue weighted by Crippen LogP contribution is -2.65. The van der Waals surface area contributed by atoms with Crippen LogP contribution in [0.4, 0.5) is 5.69 Å². The zero-order valence-corrected chi connectivity index (χ0v) is 25.0. The molecule has 0 radical (unpaired) electrons. The van der Waals surface area contributed by atoms with E-state index in [4.69, 9.17) is 5.73 Å². The lowest BCUT2D eigenvalue weighted by Gasteiger charge is -2.50. The first-order chi connectivity index (χ1) is 20.1. The molecular formula is C30H39N5O8. The molecule has 1 aromatic rings. The first-order valence-corrected chi connectivity index (χ1v) is 14.3. The maximum Gasteiger partial charge on any atom is 0.255 e. The Kier molecular flexibility index (Phi) is 7.56. The molecule has 5 rings (SSSR count). The van der Waals surface area contributed by atoms with Crippen LogP contribution in [0.15, 0.2) is 23.0 Å². The molecule has 2 fully saturated rings. The number of aliphatic hydroxyl groups excluding tert-OH is 2. The van der Waals surface area contributed by atoms with Gasteiger partial charge in [0.15, 0.2) is 11.4 Å². The summed E-state index contributed by atoms with van der Waals surface area (Å²) in [4.78, 5) is 57.6. The first kappa shape index (κ1) is 30.5. The van der Waals surface area contributed by atoms with E-state index in [2.05, 4.69) is 5.32 Å². The number of hydrogen-bond acceptors (Lipinski definition) is 11. The van der Waals surface area contributed by atoms with Gasteiger partial charge in [-0.15, -0.1) is 0 Å². The van der Waals surface area contributed by atoms with E-state index in [0.29, 0.717) is 16.8 Å². The van der Waals surface area contributed by atoms with Crippen LogP contribution in [0.3, 0.4) is 0 Å². The van der Waals surface area contributed by atoms with Crippen molar-refractivity contribution in [2.45, 2.75) is 49.9 Å². The first-order valence-electron chi connectivity index (χ1n) is 14.3. The SMILES string of the molecule is CN(C)c1cc(CNC(=O)[C@@H]2CCCN2C)c(O)c2c1C[C@@H]1C[C@@H]3[C@@H](N(C)C)C(=O)C(C(N)=O)=C(O)[C@]3(O)C(=O)C1=C2O. The number of nitrogens with zero attached hydrogens (tertiary/aromatic N) is 3. The van der Waals surface area contributed by atoms with Crippen LogP contribution >= 0.6 is 0 Å². The molecule has 43 heavy (non-hydrogen) atoms. The topological polar surface area (TPSA) is 197 Å². The fourth-order valence-electron chi connectivity index (χ4n) is 7.42. The highest BCUT2D eigenvalue weighted by Crippen LogP contribution is 2.54. The van der Waals surface area contributed by atoms with Gasteiger partial charge >= 0.3 is 0 Å². The fraction of sp³-hybridized carbons (Fsp3) is 0.533. The third-order valence-electron chi connectivity index (χ3n) is 9.53. The van der Waals surface area contributed by atoms with Gasteiger partial charge in [0.05, 0.1) is 17.6 Å². The maximum atomic E-state index is 14.1. The largest absolute Gasteiger partial charge is 0.508 e. The average molecular weight is 598 g/mol. The van der Waals surface area contributed by atoms with E-state index in [0.717, 1.165) is 19.4 Å². The van der Waals surface area contributed by atoms with Crippen molar-refractivity contribution in [3.8, 4) is 5.75 Å². The number of ketones is 2. The van der Waals surface area contributed by atoms with E-state index >= 15 is 0 Å². The van der Waals surface area contributed by atoms with Gasteiger partial charge in [-0.2, -0.15) is 0 Å². The number of fused-ring (bicyclic) bond motifs is 3. The number of anilines is 1. The van der Waals surface area contributed by atoms with Crippen molar-refractivity contribution < 1.29 is 39.6 Å². The smallest absolute Gasteiger partial charge is 0.255 e. The molecule has 0 unspecified atom stereocenters. The van der Waals surface area contributed by atoms with Crippen LogP contribution < -0.4 is 16.0 Å². The van der Waals surface area contributed by atoms with Gasteiger partial charge in [0, 0.05) is 43.4 Å². The molecule has 0 bridgehead atoms. The Labute approximate surface area is 249 Å². The third kappa shape index (κ3) is 4.48. The number of hydrogen-bond donors (Lipinski definition) is 6. The fourth-order valence-corrected chi connectivity index (χ4v) is 7.42. The van der Waals surface area contributed by atoms with Gasteiger partial charge in [-0.25, -0.2) is 0 Å². The van der Waals surface area contributed by atoms with Crippen molar-refractivity contribution in [3.63, 3.8) is 0 Å². The zero-order valence-electron chi connectivity index (χ0n) is 25.0. The Morgan fingerprint density at radius 2 is 1.84 bits per heavy atom. The highest BCUT2D eigenvalue weighted by molar-refractivity contribution is 6.24. The maximum absolute atomic E-state index is 14.1. The van der Waals surface area contributed by atoms with Gasteiger partial charge in [0.25, 0.3) is 5.91 Å². The van der Waals surface area contributed by atoms with Crippen molar-refractivity contribution in [2.75, 3.05) is 46.7 Å². The van der Waals surface area contributed by atoms with Crippen molar-refractivity contribution in [3.05, 3.63) is 39.7 Å². The highest BCUT2D eigenvalue weighted by Gasteiger charge is 2.64. The summed E-state index contributed by atoms with van der Waals surface area (Å²) in [5.74, 6) is -7.18. The minimum absolute atomic E-state index is 0.00606. The molecule has 0 spiro atoms. The Morgan fingerprint density at radius 3 is 2.40 bits per heavy atom. The summed E-state index contributed by atoms with van der Waals surface area (Å²) < 4.78 is 0. The van der Waals surface area contributed by atoms with Crippen LogP contribution in [0.25, 0.3) is 5.76 Å². The number of nitrogens with one attached hydrogen (secondary N) is 1. The minimum Gasteiger partial charge on any atom is -0.508 e. The van der Waals surface area contributed by atoms with Gasteiger partial charge < -0.3 is 36.4 Å². The van der Waals surface area contributed by atoms with E-state index in [9.17, 15) is 39.6 Å². The monoisotopic (exact) mass is 597 g/mol. The van der Waals surface area contributed by atoms with Crippen LogP contribution in [0, 0.1) is 11.8 Å². The molecule has 1 aliphatic heterocycles. The molecule has 0 aromatic heterocycles. The summed E-state index contributed by atoms with van der Waals surface area (Å²) in [5, 5.41) is 48.7. The number of aliphatic hydroxyl groups is 3. The number of nitrogens with two attached hydrogens (primary N) is 1. The Hall–Kier alpha value is -3.94. The Balaban J connectivity index is 1.62. The molecule has 13 heteroatoms. The van der Waals surface area contributed by atoms with Crippen LogP contribution in [-0.4, -0.2) is 113 Å². The van der Waals surface area contributed by atoms with Crippen LogP contribution in [0.1, 0.15) is 36.0 Å². The number of primary amides is 1. The number of Topliss-reactive ketones (excluding diaryl/α,β-unsaturated/α-hetero) is 2. The van der Waals surface area contributed by atoms with E-state index in [-0.39, 0.29) is 48.2 Å². The number of aromatic hydroxyl groups is 1. The van der Waals surface area contributed by atoms with E-state index in [1.165, 1.54) is 4.90 Å². The lowest BCUT2D eigenvalue weighted by atomic mass is 9.57. The molecule has 5 atom stereocenters. The Morgan fingerprint density at radius 1 is 1.16 bits per heavy atom. The van der Waals surface area contributed by atoms with Gasteiger partial charge in [0.2, 0.25) is 11.7 Å². The van der Waals surface area contributed by atoms with Crippen molar-refractivity contribution in [1.29, 1.82) is 0 Å². The predicted molar refractivity (Wildman–Crippen MR) is 156 cm³/mol. The van der Waals surface area contributed by atoms with Crippen molar-refractivity contribution >= 4 is 34.8 Å². The summed E-state index contributed by atoms with van der Waals surface area (Å²) >= 11 is 0. The summed E-state index contributed by atoms with van der Waals surface area (Å²) in [5.41, 5.74) is 3.12. The molecule has 2 amide bonds. The zero-order chi connectivity index (χ0) is 31.7. The number of rotatable bonds is 6. The molecule has 3 aliphatic carbocycles. The summed E-state index contributed by atoms with van der Waals surface area (Å²) in [6.45, 7) is 0.777. The minimum atomic E-state index is -2.70. The molecule has 1 saturated heterocycles. The Bertz CT molecular complexity index is 1500. The second-order valence-electron chi connectivity index (χ2n) is 12.5. The quantitative estimate of drug-likeness (QED) is 0.236. The molecule has 1 aromatic carbocycles. The molecular weight excluding hydrogens is 558 g/mol. The third-order valence-corrected chi connectivity index (χ3v) is 9.53. The number of phenols is 1. The van der Waals surface area contributed by atoms with Crippen molar-refractivity contribution in [2.24, 2.45) is 17.6 Å². The standard InChI is InChI=1S/C30H39N5O8/c1-33(2)18-11-14(12-32-29(42)17-7-6-8-35(17)5)23(36)20-15(18)9-13-10-16-22(34(3)4)25(38)21(28(31)41)27(40)30(16,43)26(39)19(13)24(20)37/h11,13,16-17,22,36-37,40,43H,6-10,12H2,1-5H3,(H2,31,41)(H,32,42)/t13-,16-,17+,22-,30-/m1/s1. The average Bonchev–Trinajstić information content (AvgIpc) is 3.35. The van der Waals surface area contributed by atoms with Gasteiger partial charge in [-0.1, -0.05) is 0 Å². The van der Waals surface area contributed by atoms with Gasteiger partial charge in [-0.3, -0.25) is 29.0 Å². The number of likely N-dealkylation sites (tertiary alicyclic amines) is 1. The highest BCUT2D eigenvalue weighted by atomic mass is 16.3. The summed E-state index contributed by atoms with van der Waals surface area (Å²) in [7, 11) is 8.57. The lowest BCUT2D eigenvalue weighted by molar-refractivity contribution is -0.153. The molecule has 13 nitrogen and oxygen atoms in total. The van der Waals surface area contributed by atoms with E-state index < -0.39 is 58.0 Å². The van der Waals surface area contributed by atoms with Gasteiger partial charge in [-0.05, 0) is 70.9 Å². The summed E-state index contributed by atoms with van der Waals surface area (Å²) in [6, 6.07) is 0.299. The van der Waals surface area contributed by atoms with Crippen LogP contribution in [0.2, 0.25) is 0 Å². The number of carbonyl (C=O) groups is 4. The van der Waals surface area contributed by atoms with Crippen LogP contribution in [0.5, 0.6) is 5.75 Å². The number of likely N-dealkylation sites (N-methyl/N-ethyl adjacent to an activating group) is 2. The molecule has 4 aliphatic rings. The molecule has 1 heterocycles.